The number of fused-ring (bicyclic) bond motifs is 1. The van der Waals surface area contributed by atoms with E-state index in [1.807, 2.05) is 6.92 Å². The van der Waals surface area contributed by atoms with Crippen molar-refractivity contribution in [3.8, 4) is 17.0 Å². The molecule has 4 rings (SSSR count). The average Bonchev–Trinajstić information content (AvgIpc) is 3.10. The lowest BCUT2D eigenvalue weighted by atomic mass is 10.0. The molecule has 2 N–H and O–H groups in total. The van der Waals surface area contributed by atoms with Crippen molar-refractivity contribution < 1.29 is 22.7 Å². The smallest absolute Gasteiger partial charge is 0.416 e. The van der Waals surface area contributed by atoms with Crippen molar-refractivity contribution in [1.82, 2.24) is 24.5 Å². The molecule has 3 aromatic rings. The number of likely N-dealkylation sites (tertiary alicyclic amines) is 1. The number of aryl methyl sites for hydroxylation is 1. The molecule has 0 bridgehead atoms. The molecule has 0 amide bonds. The van der Waals surface area contributed by atoms with Crippen LogP contribution in [0.15, 0.2) is 24.4 Å². The molecule has 3 heterocycles. The molecule has 0 unspecified atom stereocenters. The number of aromatic nitrogens is 4. The Balaban J connectivity index is 1.63. The first-order valence-electron chi connectivity index (χ1n) is 9.93. The Morgan fingerprint density at radius 2 is 2.03 bits per heavy atom. The van der Waals surface area contributed by atoms with E-state index in [4.69, 9.17) is 0 Å². The Bertz CT molecular complexity index is 1080. The van der Waals surface area contributed by atoms with Crippen LogP contribution in [0.3, 0.4) is 0 Å². The molecule has 166 valence electrons. The monoisotopic (exact) mass is 438 g/mol. The van der Waals surface area contributed by atoms with Crippen LogP contribution in [0, 0.1) is 6.92 Å². The molecule has 2 aromatic heterocycles. The van der Waals surface area contributed by atoms with E-state index in [-0.39, 0.29) is 28.5 Å². The summed E-state index contributed by atoms with van der Waals surface area (Å²) < 4.78 is 54.6. The van der Waals surface area contributed by atoms with Gasteiger partial charge in [0.15, 0.2) is 0 Å². The number of alkyl halides is 4. The van der Waals surface area contributed by atoms with Gasteiger partial charge in [0, 0.05) is 24.8 Å². The molecule has 1 fully saturated rings. The summed E-state index contributed by atoms with van der Waals surface area (Å²) in [5.41, 5.74) is -0.268. The fourth-order valence-electron chi connectivity index (χ4n) is 3.82. The second-order valence-electron chi connectivity index (χ2n) is 7.63. The largest absolute Gasteiger partial charge is 0.507 e. The molecule has 2 atom stereocenters. The molecular formula is C20H22F4N6O. The topological polar surface area (TPSA) is 78.6 Å². The minimum Gasteiger partial charge on any atom is -0.507 e. The summed E-state index contributed by atoms with van der Waals surface area (Å²) >= 11 is 0. The highest BCUT2D eigenvalue weighted by molar-refractivity contribution is 5.72. The van der Waals surface area contributed by atoms with Crippen molar-refractivity contribution in [2.24, 2.45) is 0 Å². The van der Waals surface area contributed by atoms with Gasteiger partial charge < -0.3 is 15.3 Å². The summed E-state index contributed by atoms with van der Waals surface area (Å²) in [5.74, 6) is -0.134. The zero-order valence-electron chi connectivity index (χ0n) is 17.0. The minimum absolute atomic E-state index is 0.178. The minimum atomic E-state index is -4.56. The summed E-state index contributed by atoms with van der Waals surface area (Å²) in [7, 11) is 0. The van der Waals surface area contributed by atoms with Gasteiger partial charge in [0.1, 0.15) is 11.9 Å². The van der Waals surface area contributed by atoms with Gasteiger partial charge in [0.2, 0.25) is 5.95 Å². The molecule has 1 aliphatic rings. The standard InChI is InChI=1S/C20H22F4N6O/c1-3-29-6-4-13(21)15(10-29)25-18-27-19-26-14(5-7-30(19)28-18)17-11(2)8-12(9-16(17)31)20(22,23)24/h5,7-9,13,15,31H,3-4,6,10H2,1-2H3,(H,25,28)/t13-,15+/m1/s1. The number of hydrogen-bond acceptors (Lipinski definition) is 6. The number of halogens is 4. The third-order valence-corrected chi connectivity index (χ3v) is 5.48. The maximum atomic E-state index is 14.3. The Kier molecular flexibility index (Phi) is 5.46. The molecule has 0 aliphatic carbocycles. The zero-order chi connectivity index (χ0) is 22.3. The van der Waals surface area contributed by atoms with Crippen molar-refractivity contribution >= 4 is 11.7 Å². The second kappa shape index (κ2) is 7.95. The fourth-order valence-corrected chi connectivity index (χ4v) is 3.82. The van der Waals surface area contributed by atoms with Gasteiger partial charge in [0.05, 0.1) is 17.3 Å². The number of hydrogen-bond donors (Lipinski definition) is 2. The molecular weight excluding hydrogens is 416 g/mol. The first kappa shape index (κ1) is 21.3. The number of phenols is 1. The highest BCUT2D eigenvalue weighted by Gasteiger charge is 2.32. The van der Waals surface area contributed by atoms with Gasteiger partial charge in [-0.3, -0.25) is 0 Å². The highest BCUT2D eigenvalue weighted by Crippen LogP contribution is 2.38. The molecule has 1 aromatic carbocycles. The van der Waals surface area contributed by atoms with Gasteiger partial charge >= 0.3 is 6.18 Å². The summed E-state index contributed by atoms with van der Waals surface area (Å²) in [4.78, 5) is 10.7. The predicted octanol–water partition coefficient (Wildman–Crippen LogP) is 3.67. The van der Waals surface area contributed by atoms with Crippen LogP contribution < -0.4 is 5.32 Å². The molecule has 11 heteroatoms. The maximum Gasteiger partial charge on any atom is 0.416 e. The van der Waals surface area contributed by atoms with E-state index in [1.165, 1.54) is 17.5 Å². The fraction of sp³-hybridized carbons (Fsp3) is 0.450. The van der Waals surface area contributed by atoms with E-state index in [0.29, 0.717) is 25.6 Å². The van der Waals surface area contributed by atoms with Crippen molar-refractivity contribution in [3.63, 3.8) is 0 Å². The average molecular weight is 438 g/mol. The number of anilines is 1. The van der Waals surface area contributed by atoms with Gasteiger partial charge in [-0.15, -0.1) is 5.10 Å². The van der Waals surface area contributed by atoms with Gasteiger partial charge in [0.25, 0.3) is 5.78 Å². The van der Waals surface area contributed by atoms with Crippen molar-refractivity contribution in [3.05, 3.63) is 35.5 Å². The molecule has 0 spiro atoms. The Hall–Kier alpha value is -2.95. The number of phenolic OH excluding ortho intramolecular Hbond substituents is 1. The van der Waals surface area contributed by atoms with Crippen LogP contribution in [-0.2, 0) is 6.18 Å². The summed E-state index contributed by atoms with van der Waals surface area (Å²) in [6, 6.07) is 2.71. The van der Waals surface area contributed by atoms with Crippen LogP contribution in [0.4, 0.5) is 23.5 Å². The third kappa shape index (κ3) is 4.27. The van der Waals surface area contributed by atoms with E-state index in [1.54, 1.807) is 6.20 Å². The molecule has 1 aliphatic heterocycles. The van der Waals surface area contributed by atoms with Gasteiger partial charge in [-0.2, -0.15) is 18.2 Å². The Morgan fingerprint density at radius 3 is 2.71 bits per heavy atom. The van der Waals surface area contributed by atoms with E-state index >= 15 is 0 Å². The summed E-state index contributed by atoms with van der Waals surface area (Å²) in [6.45, 7) is 5.55. The van der Waals surface area contributed by atoms with Crippen molar-refractivity contribution in [2.75, 3.05) is 25.0 Å². The number of nitrogens with zero attached hydrogens (tertiary/aromatic N) is 5. The molecule has 7 nitrogen and oxygen atoms in total. The number of rotatable bonds is 4. The molecule has 0 radical (unpaired) electrons. The quantitative estimate of drug-likeness (QED) is 0.606. The molecule has 31 heavy (non-hydrogen) atoms. The second-order valence-corrected chi connectivity index (χ2v) is 7.63. The van der Waals surface area contributed by atoms with Crippen LogP contribution >= 0.6 is 0 Å². The number of piperidine rings is 1. The number of nitrogens with one attached hydrogen (secondary N) is 1. The highest BCUT2D eigenvalue weighted by atomic mass is 19.4. The Morgan fingerprint density at radius 1 is 1.26 bits per heavy atom. The van der Waals surface area contributed by atoms with Crippen LogP contribution in [0.1, 0.15) is 24.5 Å². The SMILES string of the molecule is CCN1CC[C@@H](F)[C@@H](Nc2nc3nc(-c4c(C)cc(C(F)(F)F)cc4O)ccn3n2)C1. The number of benzene rings is 1. The first-order chi connectivity index (χ1) is 14.7. The predicted molar refractivity (Wildman–Crippen MR) is 107 cm³/mol. The number of aromatic hydroxyl groups is 1. The molecule has 1 saturated heterocycles. The van der Waals surface area contributed by atoms with Crippen LogP contribution in [0.2, 0.25) is 0 Å². The van der Waals surface area contributed by atoms with Crippen LogP contribution in [0.25, 0.3) is 17.0 Å². The van der Waals surface area contributed by atoms with E-state index in [0.717, 1.165) is 12.6 Å². The number of likely N-dealkylation sites (N-methyl/N-ethyl adjacent to an activating group) is 1. The lowest BCUT2D eigenvalue weighted by molar-refractivity contribution is -0.137. The van der Waals surface area contributed by atoms with E-state index in [2.05, 4.69) is 25.3 Å². The summed E-state index contributed by atoms with van der Waals surface area (Å²) in [5, 5.41) is 17.5. The first-order valence-corrected chi connectivity index (χ1v) is 9.93. The van der Waals surface area contributed by atoms with Gasteiger partial charge in [-0.05, 0) is 43.7 Å². The van der Waals surface area contributed by atoms with Crippen LogP contribution in [-0.4, -0.2) is 61.4 Å². The van der Waals surface area contributed by atoms with E-state index < -0.39 is 29.7 Å². The lowest BCUT2D eigenvalue weighted by Crippen LogP contribution is -2.48. The zero-order valence-corrected chi connectivity index (χ0v) is 17.0. The normalized spacial score (nSPS) is 20.3. The van der Waals surface area contributed by atoms with Crippen molar-refractivity contribution in [1.29, 1.82) is 0 Å². The lowest BCUT2D eigenvalue weighted by Gasteiger charge is -2.34. The Labute approximate surface area is 175 Å². The van der Waals surface area contributed by atoms with Gasteiger partial charge in [-0.1, -0.05) is 6.92 Å². The van der Waals surface area contributed by atoms with Gasteiger partial charge in [-0.25, -0.2) is 13.9 Å². The van der Waals surface area contributed by atoms with E-state index in [9.17, 15) is 22.7 Å². The van der Waals surface area contributed by atoms with Crippen LogP contribution in [0.5, 0.6) is 5.75 Å². The summed E-state index contributed by atoms with van der Waals surface area (Å²) in [6.07, 6.45) is -3.62. The van der Waals surface area contributed by atoms with Crippen molar-refractivity contribution in [2.45, 2.75) is 38.7 Å². The molecule has 0 saturated carbocycles. The maximum absolute atomic E-state index is 14.3. The third-order valence-electron chi connectivity index (χ3n) is 5.48.